The molecule has 1 aliphatic carbocycles. The molecule has 3 heteroatoms. The summed E-state index contributed by atoms with van der Waals surface area (Å²) in [6.07, 6.45) is 8.01. The summed E-state index contributed by atoms with van der Waals surface area (Å²) in [5.41, 5.74) is 1.04. The van der Waals surface area contributed by atoms with Gasteiger partial charge in [0.1, 0.15) is 5.82 Å². The Morgan fingerprint density at radius 3 is 2.75 bits per heavy atom. The topological polar surface area (TPSA) is 15.3 Å². The minimum absolute atomic E-state index is 0.131. The van der Waals surface area contributed by atoms with Crippen molar-refractivity contribution in [1.82, 2.24) is 5.32 Å². The zero-order valence-corrected chi connectivity index (χ0v) is 12.2. The van der Waals surface area contributed by atoms with Crippen molar-refractivity contribution in [2.24, 2.45) is 5.92 Å². The van der Waals surface area contributed by atoms with Gasteiger partial charge in [-0.2, -0.15) is 0 Å². The summed E-state index contributed by atoms with van der Waals surface area (Å²) in [5.74, 6) is 0.673. The largest absolute Gasteiger partial charge is 0.370 e. The Kier molecular flexibility index (Phi) is 4.56. The van der Waals surface area contributed by atoms with E-state index in [4.69, 9.17) is 0 Å². The average molecular weight is 276 g/mol. The minimum atomic E-state index is -0.131. The molecule has 1 saturated heterocycles. The van der Waals surface area contributed by atoms with Crippen LogP contribution in [0.4, 0.5) is 10.1 Å². The molecule has 1 heterocycles. The van der Waals surface area contributed by atoms with Crippen LogP contribution in [0.5, 0.6) is 0 Å². The van der Waals surface area contributed by atoms with Crippen LogP contribution in [0.25, 0.3) is 0 Å². The summed E-state index contributed by atoms with van der Waals surface area (Å²) in [7, 11) is 0. The molecule has 110 valence electrons. The summed E-state index contributed by atoms with van der Waals surface area (Å²) in [6.45, 7) is 3.14. The molecule has 1 unspecified atom stereocenters. The van der Waals surface area contributed by atoms with Gasteiger partial charge in [0.05, 0.1) is 0 Å². The monoisotopic (exact) mass is 276 g/mol. The van der Waals surface area contributed by atoms with E-state index in [9.17, 15) is 4.39 Å². The lowest BCUT2D eigenvalue weighted by Gasteiger charge is -2.33. The van der Waals surface area contributed by atoms with E-state index >= 15 is 0 Å². The Balaban J connectivity index is 1.71. The number of benzene rings is 1. The summed E-state index contributed by atoms with van der Waals surface area (Å²) < 4.78 is 13.4. The number of hydrogen-bond acceptors (Lipinski definition) is 2. The highest BCUT2D eigenvalue weighted by Crippen LogP contribution is 2.28. The minimum Gasteiger partial charge on any atom is -0.370 e. The van der Waals surface area contributed by atoms with Crippen molar-refractivity contribution in [2.75, 3.05) is 24.5 Å². The predicted molar refractivity (Wildman–Crippen MR) is 81.6 cm³/mol. The van der Waals surface area contributed by atoms with Gasteiger partial charge in [0, 0.05) is 24.8 Å². The van der Waals surface area contributed by atoms with E-state index in [1.54, 1.807) is 6.07 Å². The molecule has 1 N–H and O–H groups in total. The SMILES string of the molecule is Fc1cccc(N2CCCNC(C3CCCCC3)C2)c1. The van der Waals surface area contributed by atoms with Crippen LogP contribution in [0, 0.1) is 11.7 Å². The van der Waals surface area contributed by atoms with Crippen LogP contribution in [0.1, 0.15) is 38.5 Å². The molecule has 2 nitrogen and oxygen atoms in total. The highest BCUT2D eigenvalue weighted by molar-refractivity contribution is 5.46. The molecule has 20 heavy (non-hydrogen) atoms. The molecular formula is C17H25FN2. The molecule has 1 aliphatic heterocycles. The van der Waals surface area contributed by atoms with Gasteiger partial charge in [-0.25, -0.2) is 4.39 Å². The van der Waals surface area contributed by atoms with E-state index in [2.05, 4.69) is 10.2 Å². The summed E-state index contributed by atoms with van der Waals surface area (Å²) in [6, 6.07) is 7.62. The van der Waals surface area contributed by atoms with Crippen LogP contribution in [-0.4, -0.2) is 25.7 Å². The number of nitrogens with zero attached hydrogens (tertiary/aromatic N) is 1. The number of nitrogens with one attached hydrogen (secondary N) is 1. The number of anilines is 1. The quantitative estimate of drug-likeness (QED) is 0.888. The van der Waals surface area contributed by atoms with E-state index in [0.29, 0.717) is 6.04 Å². The highest BCUT2D eigenvalue weighted by atomic mass is 19.1. The van der Waals surface area contributed by atoms with Crippen molar-refractivity contribution in [3.8, 4) is 0 Å². The van der Waals surface area contributed by atoms with Gasteiger partial charge in [-0.3, -0.25) is 0 Å². The van der Waals surface area contributed by atoms with Crippen molar-refractivity contribution in [3.05, 3.63) is 30.1 Å². The Morgan fingerprint density at radius 1 is 1.10 bits per heavy atom. The van der Waals surface area contributed by atoms with Gasteiger partial charge in [0.2, 0.25) is 0 Å². The third-order valence-electron chi connectivity index (χ3n) is 4.82. The van der Waals surface area contributed by atoms with Crippen LogP contribution < -0.4 is 10.2 Å². The van der Waals surface area contributed by atoms with Gasteiger partial charge in [0.15, 0.2) is 0 Å². The Bertz CT molecular complexity index is 429. The van der Waals surface area contributed by atoms with E-state index in [-0.39, 0.29) is 5.82 Å². The Hall–Kier alpha value is -1.09. The predicted octanol–water partition coefficient (Wildman–Crippen LogP) is 3.57. The molecule has 1 atom stereocenters. The zero-order chi connectivity index (χ0) is 13.8. The van der Waals surface area contributed by atoms with Gasteiger partial charge in [-0.15, -0.1) is 0 Å². The van der Waals surface area contributed by atoms with Crippen LogP contribution in [0.2, 0.25) is 0 Å². The molecule has 0 bridgehead atoms. The third kappa shape index (κ3) is 3.32. The molecule has 0 amide bonds. The lowest BCUT2D eigenvalue weighted by molar-refractivity contribution is 0.277. The van der Waals surface area contributed by atoms with Gasteiger partial charge >= 0.3 is 0 Å². The molecule has 0 radical (unpaired) electrons. The smallest absolute Gasteiger partial charge is 0.125 e. The highest BCUT2D eigenvalue weighted by Gasteiger charge is 2.27. The first-order chi connectivity index (χ1) is 9.83. The fourth-order valence-corrected chi connectivity index (χ4v) is 3.71. The molecule has 3 rings (SSSR count). The number of rotatable bonds is 2. The van der Waals surface area contributed by atoms with Crippen LogP contribution >= 0.6 is 0 Å². The van der Waals surface area contributed by atoms with Gasteiger partial charge in [-0.05, 0) is 49.9 Å². The van der Waals surface area contributed by atoms with Gasteiger partial charge in [0.25, 0.3) is 0 Å². The van der Waals surface area contributed by atoms with E-state index in [1.165, 1.54) is 38.2 Å². The van der Waals surface area contributed by atoms with Crippen LogP contribution in [0.15, 0.2) is 24.3 Å². The molecule has 0 spiro atoms. The molecule has 2 fully saturated rings. The lowest BCUT2D eigenvalue weighted by Crippen LogP contribution is -2.43. The fourth-order valence-electron chi connectivity index (χ4n) is 3.71. The molecule has 1 aromatic carbocycles. The number of halogens is 1. The zero-order valence-electron chi connectivity index (χ0n) is 12.2. The van der Waals surface area contributed by atoms with E-state index in [1.807, 2.05) is 12.1 Å². The molecule has 0 aromatic heterocycles. The van der Waals surface area contributed by atoms with Crippen LogP contribution in [-0.2, 0) is 0 Å². The van der Waals surface area contributed by atoms with Crippen molar-refractivity contribution in [3.63, 3.8) is 0 Å². The Labute approximate surface area is 121 Å². The normalized spacial score (nSPS) is 25.4. The molecule has 1 aromatic rings. The third-order valence-corrected chi connectivity index (χ3v) is 4.82. The maximum Gasteiger partial charge on any atom is 0.125 e. The first kappa shape index (κ1) is 13.9. The van der Waals surface area contributed by atoms with E-state index < -0.39 is 0 Å². The molecular weight excluding hydrogens is 251 g/mol. The Morgan fingerprint density at radius 2 is 1.95 bits per heavy atom. The first-order valence-corrected chi connectivity index (χ1v) is 8.07. The first-order valence-electron chi connectivity index (χ1n) is 8.07. The van der Waals surface area contributed by atoms with Gasteiger partial charge in [-0.1, -0.05) is 25.3 Å². The van der Waals surface area contributed by atoms with Crippen molar-refractivity contribution >= 4 is 5.69 Å². The van der Waals surface area contributed by atoms with Crippen molar-refractivity contribution in [1.29, 1.82) is 0 Å². The molecule has 1 saturated carbocycles. The van der Waals surface area contributed by atoms with Crippen molar-refractivity contribution < 1.29 is 4.39 Å². The average Bonchev–Trinajstić information content (AvgIpc) is 2.74. The molecule has 2 aliphatic rings. The number of hydrogen-bond donors (Lipinski definition) is 1. The van der Waals surface area contributed by atoms with Gasteiger partial charge < -0.3 is 10.2 Å². The van der Waals surface area contributed by atoms with Crippen LogP contribution in [0.3, 0.4) is 0 Å². The standard InChI is InChI=1S/C17H25FN2/c18-15-8-4-9-16(12-15)20-11-5-10-19-17(13-20)14-6-2-1-3-7-14/h4,8-9,12,14,17,19H,1-3,5-7,10-11,13H2. The lowest BCUT2D eigenvalue weighted by atomic mass is 9.83. The second-order valence-electron chi connectivity index (χ2n) is 6.24. The summed E-state index contributed by atoms with van der Waals surface area (Å²) in [4.78, 5) is 2.36. The summed E-state index contributed by atoms with van der Waals surface area (Å²) in [5, 5.41) is 3.73. The second kappa shape index (κ2) is 6.57. The second-order valence-corrected chi connectivity index (χ2v) is 6.24. The summed E-state index contributed by atoms with van der Waals surface area (Å²) >= 11 is 0. The maximum absolute atomic E-state index is 13.4. The van der Waals surface area contributed by atoms with E-state index in [0.717, 1.165) is 37.7 Å². The maximum atomic E-state index is 13.4. The van der Waals surface area contributed by atoms with Crippen molar-refractivity contribution in [2.45, 2.75) is 44.6 Å². The fraction of sp³-hybridized carbons (Fsp3) is 0.647.